The molecule has 0 unspecified atom stereocenters. The standard InChI is InChI=1S/C14H28N4O2S/c1-16-8-10-17(11-9-16)6-4-7-18(13-19)14(20)15-5-3-12-21-2/h13H,3-12H2,1-2H3,(H,15,20). The first kappa shape index (κ1) is 18.3. The molecule has 0 spiro atoms. The molecular formula is C14H28N4O2S. The number of likely N-dealkylation sites (N-methyl/N-ethyl adjacent to an activating group) is 1. The molecule has 1 saturated heterocycles. The Bertz CT molecular complexity index is 309. The number of piperazine rings is 1. The highest BCUT2D eigenvalue weighted by Gasteiger charge is 2.15. The lowest BCUT2D eigenvalue weighted by molar-refractivity contribution is -0.115. The van der Waals surface area contributed by atoms with Crippen molar-refractivity contribution in [2.75, 3.05) is 64.9 Å². The van der Waals surface area contributed by atoms with Gasteiger partial charge in [-0.15, -0.1) is 0 Å². The van der Waals surface area contributed by atoms with E-state index in [1.807, 2.05) is 6.26 Å². The topological polar surface area (TPSA) is 55.9 Å². The van der Waals surface area contributed by atoms with Gasteiger partial charge in [0, 0.05) is 39.3 Å². The van der Waals surface area contributed by atoms with Crippen LogP contribution in [0.3, 0.4) is 0 Å². The lowest BCUT2D eigenvalue weighted by atomic mass is 10.3. The molecule has 0 atom stereocenters. The minimum absolute atomic E-state index is 0.274. The zero-order valence-corrected chi connectivity index (χ0v) is 14.0. The van der Waals surface area contributed by atoms with Crippen LogP contribution in [0.5, 0.6) is 0 Å². The van der Waals surface area contributed by atoms with Crippen molar-refractivity contribution in [1.29, 1.82) is 0 Å². The molecular weight excluding hydrogens is 288 g/mol. The third-order valence-electron chi connectivity index (χ3n) is 3.66. The van der Waals surface area contributed by atoms with Crippen molar-refractivity contribution < 1.29 is 9.59 Å². The quantitative estimate of drug-likeness (QED) is 0.497. The van der Waals surface area contributed by atoms with Gasteiger partial charge < -0.3 is 15.1 Å². The van der Waals surface area contributed by atoms with E-state index in [2.05, 4.69) is 22.2 Å². The highest BCUT2D eigenvalue weighted by molar-refractivity contribution is 7.98. The van der Waals surface area contributed by atoms with Gasteiger partial charge in [0.05, 0.1) is 0 Å². The van der Waals surface area contributed by atoms with Crippen LogP contribution in [0.2, 0.25) is 0 Å². The number of thioether (sulfide) groups is 1. The number of hydrogen-bond donors (Lipinski definition) is 1. The van der Waals surface area contributed by atoms with Gasteiger partial charge in [0.2, 0.25) is 6.41 Å². The molecule has 0 aromatic rings. The van der Waals surface area contributed by atoms with Crippen LogP contribution in [0.1, 0.15) is 12.8 Å². The number of nitrogens with one attached hydrogen (secondary N) is 1. The van der Waals surface area contributed by atoms with Gasteiger partial charge in [-0.3, -0.25) is 9.69 Å². The monoisotopic (exact) mass is 316 g/mol. The molecule has 1 heterocycles. The molecule has 0 saturated carbocycles. The first-order valence-electron chi connectivity index (χ1n) is 7.57. The van der Waals surface area contributed by atoms with Gasteiger partial charge in [-0.05, 0) is 38.4 Å². The molecule has 1 aliphatic rings. The van der Waals surface area contributed by atoms with Gasteiger partial charge in [-0.1, -0.05) is 0 Å². The second-order valence-corrected chi connectivity index (χ2v) is 6.36. The molecule has 122 valence electrons. The van der Waals surface area contributed by atoms with E-state index in [4.69, 9.17) is 0 Å². The molecule has 1 rings (SSSR count). The van der Waals surface area contributed by atoms with Crippen LogP contribution in [0.4, 0.5) is 4.79 Å². The zero-order chi connectivity index (χ0) is 15.5. The Morgan fingerprint density at radius 2 is 2.00 bits per heavy atom. The normalized spacial score (nSPS) is 16.7. The minimum atomic E-state index is -0.274. The Morgan fingerprint density at radius 3 is 2.62 bits per heavy atom. The largest absolute Gasteiger partial charge is 0.338 e. The van der Waals surface area contributed by atoms with Crippen LogP contribution in [0.25, 0.3) is 0 Å². The third-order valence-corrected chi connectivity index (χ3v) is 4.36. The lowest BCUT2D eigenvalue weighted by Crippen LogP contribution is -2.46. The summed E-state index contributed by atoms with van der Waals surface area (Å²) in [6.07, 6.45) is 4.44. The molecule has 0 aromatic carbocycles. The van der Waals surface area contributed by atoms with Crippen molar-refractivity contribution >= 4 is 24.2 Å². The van der Waals surface area contributed by atoms with Crippen LogP contribution in [0.15, 0.2) is 0 Å². The molecule has 0 bridgehead atoms. The van der Waals surface area contributed by atoms with Crippen molar-refractivity contribution in [2.45, 2.75) is 12.8 Å². The van der Waals surface area contributed by atoms with Gasteiger partial charge in [0.15, 0.2) is 0 Å². The first-order chi connectivity index (χ1) is 10.2. The van der Waals surface area contributed by atoms with E-state index in [9.17, 15) is 9.59 Å². The molecule has 7 heteroatoms. The molecule has 1 aliphatic heterocycles. The van der Waals surface area contributed by atoms with E-state index in [0.29, 0.717) is 19.5 Å². The predicted molar refractivity (Wildman–Crippen MR) is 87.7 cm³/mol. The first-order valence-corrected chi connectivity index (χ1v) is 8.96. The third kappa shape index (κ3) is 7.68. The summed E-state index contributed by atoms with van der Waals surface area (Å²) in [4.78, 5) is 28.8. The molecule has 0 radical (unpaired) electrons. The summed E-state index contributed by atoms with van der Waals surface area (Å²) in [5.74, 6) is 1.02. The van der Waals surface area contributed by atoms with Crippen molar-refractivity contribution in [2.24, 2.45) is 0 Å². The molecule has 6 nitrogen and oxygen atoms in total. The van der Waals surface area contributed by atoms with E-state index >= 15 is 0 Å². The van der Waals surface area contributed by atoms with E-state index in [0.717, 1.165) is 51.3 Å². The average molecular weight is 316 g/mol. The van der Waals surface area contributed by atoms with Gasteiger partial charge in [-0.2, -0.15) is 11.8 Å². The summed E-state index contributed by atoms with van der Waals surface area (Å²) in [5, 5.41) is 2.78. The van der Waals surface area contributed by atoms with E-state index in [1.54, 1.807) is 11.8 Å². The van der Waals surface area contributed by atoms with Gasteiger partial charge in [0.25, 0.3) is 0 Å². The Hall–Kier alpha value is -0.790. The fourth-order valence-corrected chi connectivity index (χ4v) is 2.68. The molecule has 1 fully saturated rings. The Labute approximate surface area is 132 Å². The maximum absolute atomic E-state index is 11.8. The highest BCUT2D eigenvalue weighted by Crippen LogP contribution is 2.01. The SMILES string of the molecule is CSCCCNC(=O)N(C=O)CCCN1CCN(C)CC1. The van der Waals surface area contributed by atoms with Crippen molar-refractivity contribution in [3.63, 3.8) is 0 Å². The van der Waals surface area contributed by atoms with Gasteiger partial charge in [-0.25, -0.2) is 4.79 Å². The summed E-state index contributed by atoms with van der Waals surface area (Å²) in [7, 11) is 2.13. The van der Waals surface area contributed by atoms with E-state index in [1.165, 1.54) is 4.90 Å². The second-order valence-electron chi connectivity index (χ2n) is 5.38. The molecule has 3 amide bonds. The summed E-state index contributed by atoms with van der Waals surface area (Å²) in [5.41, 5.74) is 0. The number of urea groups is 1. The number of nitrogens with zero attached hydrogens (tertiary/aromatic N) is 3. The number of imide groups is 1. The summed E-state index contributed by atoms with van der Waals surface area (Å²) < 4.78 is 0. The number of rotatable bonds is 9. The second kappa shape index (κ2) is 10.9. The summed E-state index contributed by atoms with van der Waals surface area (Å²) in [6, 6.07) is -0.274. The van der Waals surface area contributed by atoms with Crippen LogP contribution >= 0.6 is 11.8 Å². The molecule has 0 aliphatic carbocycles. The maximum atomic E-state index is 11.8. The zero-order valence-electron chi connectivity index (χ0n) is 13.2. The van der Waals surface area contributed by atoms with Crippen LogP contribution in [-0.4, -0.2) is 92.0 Å². The van der Waals surface area contributed by atoms with Crippen molar-refractivity contribution in [3.8, 4) is 0 Å². The van der Waals surface area contributed by atoms with E-state index < -0.39 is 0 Å². The molecule has 1 N–H and O–H groups in total. The van der Waals surface area contributed by atoms with Gasteiger partial charge in [0.1, 0.15) is 0 Å². The highest BCUT2D eigenvalue weighted by atomic mass is 32.2. The predicted octanol–water partition coefficient (Wildman–Crippen LogP) is 0.545. The Morgan fingerprint density at radius 1 is 1.29 bits per heavy atom. The van der Waals surface area contributed by atoms with Crippen molar-refractivity contribution in [1.82, 2.24) is 20.0 Å². The maximum Gasteiger partial charge on any atom is 0.323 e. The smallest absolute Gasteiger partial charge is 0.323 e. The lowest BCUT2D eigenvalue weighted by Gasteiger charge is -2.32. The van der Waals surface area contributed by atoms with Gasteiger partial charge >= 0.3 is 6.03 Å². The molecule has 0 aromatic heterocycles. The van der Waals surface area contributed by atoms with Crippen molar-refractivity contribution in [3.05, 3.63) is 0 Å². The average Bonchev–Trinajstić information content (AvgIpc) is 2.50. The van der Waals surface area contributed by atoms with Crippen LogP contribution < -0.4 is 5.32 Å². The van der Waals surface area contributed by atoms with E-state index in [-0.39, 0.29) is 6.03 Å². The Balaban J connectivity index is 2.15. The van der Waals surface area contributed by atoms with Crippen LogP contribution in [0, 0.1) is 0 Å². The summed E-state index contributed by atoms with van der Waals surface area (Å²) in [6.45, 7) is 6.38. The number of amides is 3. The summed E-state index contributed by atoms with van der Waals surface area (Å²) >= 11 is 1.75. The Kier molecular flexibility index (Phi) is 9.45. The number of carbonyl (C=O) groups excluding carboxylic acids is 2. The van der Waals surface area contributed by atoms with Crippen LogP contribution in [-0.2, 0) is 4.79 Å². The molecule has 21 heavy (non-hydrogen) atoms. The number of hydrogen-bond acceptors (Lipinski definition) is 5. The fourth-order valence-electron chi connectivity index (χ4n) is 2.25. The minimum Gasteiger partial charge on any atom is -0.338 e. The number of carbonyl (C=O) groups is 2. The fraction of sp³-hybridized carbons (Fsp3) is 0.857.